The van der Waals surface area contributed by atoms with Crippen LogP contribution in [-0.4, -0.2) is 43.7 Å². The number of hydrogen-bond donors (Lipinski definition) is 1. The van der Waals surface area contributed by atoms with Crippen LogP contribution in [0.2, 0.25) is 5.02 Å². The topological polar surface area (TPSA) is 41.6 Å². The third kappa shape index (κ3) is 5.51. The number of aryl methyl sites for hydroxylation is 1. The molecule has 1 heterocycles. The largest absolute Gasteiger partial charge is 0.379 e. The van der Waals surface area contributed by atoms with Crippen molar-refractivity contribution < 1.29 is 13.9 Å². The van der Waals surface area contributed by atoms with Gasteiger partial charge in [-0.05, 0) is 29.7 Å². The molecule has 0 bridgehead atoms. The first-order valence-electron chi connectivity index (χ1n) is 9.21. The van der Waals surface area contributed by atoms with Crippen molar-refractivity contribution in [3.8, 4) is 0 Å². The molecule has 1 aliphatic rings. The van der Waals surface area contributed by atoms with Crippen molar-refractivity contribution >= 4 is 17.5 Å². The van der Waals surface area contributed by atoms with Gasteiger partial charge in [-0.3, -0.25) is 9.69 Å². The van der Waals surface area contributed by atoms with Gasteiger partial charge in [0.05, 0.1) is 19.3 Å². The molecule has 1 unspecified atom stereocenters. The molecule has 1 N–H and O–H groups in total. The monoisotopic (exact) mass is 390 g/mol. The van der Waals surface area contributed by atoms with Crippen molar-refractivity contribution in [1.82, 2.24) is 10.2 Å². The quantitative estimate of drug-likeness (QED) is 0.785. The fourth-order valence-electron chi connectivity index (χ4n) is 3.32. The second kappa shape index (κ2) is 9.83. The number of nitrogens with zero attached hydrogens (tertiary/aromatic N) is 1. The average molecular weight is 391 g/mol. The molecule has 1 fully saturated rings. The number of carbonyl (C=O) groups is 1. The molecule has 1 amide bonds. The van der Waals surface area contributed by atoms with Crippen molar-refractivity contribution in [1.29, 1.82) is 0 Å². The summed E-state index contributed by atoms with van der Waals surface area (Å²) >= 11 is 6.40. The Balaban J connectivity index is 1.61. The lowest BCUT2D eigenvalue weighted by Gasteiger charge is -2.35. The second-order valence-corrected chi connectivity index (χ2v) is 6.99. The Morgan fingerprint density at radius 1 is 1.15 bits per heavy atom. The molecule has 27 heavy (non-hydrogen) atoms. The standard InChI is InChI=1S/C21H24ClFN2O2/c22-18-7-3-2-6-17(18)20(25-11-13-27-14-12-25)15-24-21(26)10-9-16-5-1-4-8-19(16)23/h1-8,20H,9-15H2,(H,24,26). The third-order valence-electron chi connectivity index (χ3n) is 4.82. The van der Waals surface area contributed by atoms with E-state index in [1.54, 1.807) is 18.2 Å². The van der Waals surface area contributed by atoms with Gasteiger partial charge in [-0.1, -0.05) is 48.0 Å². The molecule has 2 aromatic carbocycles. The smallest absolute Gasteiger partial charge is 0.220 e. The highest BCUT2D eigenvalue weighted by Crippen LogP contribution is 2.27. The first kappa shape index (κ1) is 19.8. The van der Waals surface area contributed by atoms with Crippen LogP contribution in [0.4, 0.5) is 4.39 Å². The minimum atomic E-state index is -0.271. The Bertz CT molecular complexity index is 765. The van der Waals surface area contributed by atoms with Gasteiger partial charge in [0.2, 0.25) is 5.91 Å². The van der Waals surface area contributed by atoms with Crippen LogP contribution < -0.4 is 5.32 Å². The SMILES string of the molecule is O=C(CCc1ccccc1F)NCC(c1ccccc1Cl)N1CCOCC1. The Morgan fingerprint density at radius 3 is 2.59 bits per heavy atom. The highest BCUT2D eigenvalue weighted by Gasteiger charge is 2.24. The minimum Gasteiger partial charge on any atom is -0.379 e. The molecule has 0 spiro atoms. The molecule has 144 valence electrons. The summed E-state index contributed by atoms with van der Waals surface area (Å²) in [7, 11) is 0. The van der Waals surface area contributed by atoms with E-state index < -0.39 is 0 Å². The molecular weight excluding hydrogens is 367 g/mol. The van der Waals surface area contributed by atoms with Gasteiger partial charge in [-0.25, -0.2) is 4.39 Å². The maximum Gasteiger partial charge on any atom is 0.220 e. The van der Waals surface area contributed by atoms with Gasteiger partial charge >= 0.3 is 0 Å². The van der Waals surface area contributed by atoms with Gasteiger partial charge in [-0.2, -0.15) is 0 Å². The first-order chi connectivity index (χ1) is 13.1. The number of benzene rings is 2. The van der Waals surface area contributed by atoms with E-state index in [0.29, 0.717) is 36.8 Å². The fourth-order valence-corrected chi connectivity index (χ4v) is 3.58. The van der Waals surface area contributed by atoms with E-state index in [9.17, 15) is 9.18 Å². The Labute approximate surface area is 164 Å². The number of amides is 1. The summed E-state index contributed by atoms with van der Waals surface area (Å²) in [5.74, 6) is -0.365. The summed E-state index contributed by atoms with van der Waals surface area (Å²) in [5.41, 5.74) is 1.55. The molecule has 0 saturated carbocycles. The molecule has 0 aromatic heterocycles. The van der Waals surface area contributed by atoms with Crippen LogP contribution in [-0.2, 0) is 16.0 Å². The summed E-state index contributed by atoms with van der Waals surface area (Å²) in [6, 6.07) is 14.3. The Hall–Kier alpha value is -1.95. The van der Waals surface area contributed by atoms with Gasteiger partial charge in [0.15, 0.2) is 0 Å². The molecule has 0 aliphatic carbocycles. The zero-order valence-corrected chi connectivity index (χ0v) is 15.9. The normalized spacial score (nSPS) is 16.1. The number of hydrogen-bond acceptors (Lipinski definition) is 3. The lowest BCUT2D eigenvalue weighted by molar-refractivity contribution is -0.121. The van der Waals surface area contributed by atoms with Crippen LogP contribution in [0.1, 0.15) is 23.6 Å². The van der Waals surface area contributed by atoms with Crippen LogP contribution in [0, 0.1) is 5.82 Å². The van der Waals surface area contributed by atoms with Crippen molar-refractivity contribution in [3.05, 3.63) is 70.5 Å². The molecule has 6 heteroatoms. The maximum absolute atomic E-state index is 13.7. The van der Waals surface area contributed by atoms with Crippen LogP contribution in [0.3, 0.4) is 0 Å². The Morgan fingerprint density at radius 2 is 1.85 bits per heavy atom. The lowest BCUT2D eigenvalue weighted by atomic mass is 10.0. The molecule has 1 saturated heterocycles. The molecular formula is C21H24ClFN2O2. The summed E-state index contributed by atoms with van der Waals surface area (Å²) in [5, 5.41) is 3.68. The highest BCUT2D eigenvalue weighted by molar-refractivity contribution is 6.31. The van der Waals surface area contributed by atoms with Crippen molar-refractivity contribution in [2.24, 2.45) is 0 Å². The van der Waals surface area contributed by atoms with Gasteiger partial charge < -0.3 is 10.1 Å². The van der Waals surface area contributed by atoms with E-state index in [0.717, 1.165) is 18.7 Å². The number of rotatable bonds is 7. The maximum atomic E-state index is 13.7. The van der Waals surface area contributed by atoms with E-state index in [1.807, 2.05) is 24.3 Å². The van der Waals surface area contributed by atoms with Crippen LogP contribution in [0.5, 0.6) is 0 Å². The van der Waals surface area contributed by atoms with Crippen LogP contribution in [0.15, 0.2) is 48.5 Å². The molecule has 4 nitrogen and oxygen atoms in total. The number of morpholine rings is 1. The van der Waals surface area contributed by atoms with Crippen molar-refractivity contribution in [3.63, 3.8) is 0 Å². The predicted molar refractivity (Wildman–Crippen MR) is 104 cm³/mol. The van der Waals surface area contributed by atoms with E-state index in [-0.39, 0.29) is 24.2 Å². The van der Waals surface area contributed by atoms with Crippen molar-refractivity contribution in [2.45, 2.75) is 18.9 Å². The first-order valence-corrected chi connectivity index (χ1v) is 9.59. The third-order valence-corrected chi connectivity index (χ3v) is 5.17. The Kier molecular flexibility index (Phi) is 7.21. The number of nitrogens with one attached hydrogen (secondary N) is 1. The summed E-state index contributed by atoms with van der Waals surface area (Å²) < 4.78 is 19.1. The fraction of sp³-hybridized carbons (Fsp3) is 0.381. The van der Waals surface area contributed by atoms with Crippen LogP contribution in [0.25, 0.3) is 0 Å². The van der Waals surface area contributed by atoms with Gasteiger partial charge in [-0.15, -0.1) is 0 Å². The van der Waals surface area contributed by atoms with E-state index >= 15 is 0 Å². The number of ether oxygens (including phenoxy) is 1. The van der Waals surface area contributed by atoms with Gasteiger partial charge in [0.25, 0.3) is 0 Å². The molecule has 0 radical (unpaired) electrons. The van der Waals surface area contributed by atoms with E-state index in [1.165, 1.54) is 6.07 Å². The highest BCUT2D eigenvalue weighted by atomic mass is 35.5. The van der Waals surface area contributed by atoms with E-state index in [2.05, 4.69) is 10.2 Å². The zero-order chi connectivity index (χ0) is 19.1. The number of halogens is 2. The zero-order valence-electron chi connectivity index (χ0n) is 15.2. The summed E-state index contributed by atoms with van der Waals surface area (Å²) in [6.07, 6.45) is 0.631. The lowest BCUT2D eigenvalue weighted by Crippen LogP contribution is -2.44. The van der Waals surface area contributed by atoms with Gasteiger partial charge in [0.1, 0.15) is 5.82 Å². The summed E-state index contributed by atoms with van der Waals surface area (Å²) in [4.78, 5) is 14.6. The average Bonchev–Trinajstić information content (AvgIpc) is 2.69. The minimum absolute atomic E-state index is 0.0139. The molecule has 1 aliphatic heterocycles. The van der Waals surface area contributed by atoms with E-state index in [4.69, 9.17) is 16.3 Å². The predicted octanol–water partition coefficient (Wildman–Crippen LogP) is 3.60. The molecule has 1 atom stereocenters. The van der Waals surface area contributed by atoms with Gasteiger partial charge in [0, 0.05) is 31.1 Å². The van der Waals surface area contributed by atoms with Crippen molar-refractivity contribution in [2.75, 3.05) is 32.8 Å². The summed E-state index contributed by atoms with van der Waals surface area (Å²) in [6.45, 7) is 3.38. The molecule has 2 aromatic rings. The molecule has 3 rings (SSSR count). The second-order valence-electron chi connectivity index (χ2n) is 6.58. The van der Waals surface area contributed by atoms with Crippen LogP contribution >= 0.6 is 11.6 Å². The number of carbonyl (C=O) groups excluding carboxylic acids is 1.